The van der Waals surface area contributed by atoms with E-state index >= 15 is 0 Å². The van der Waals surface area contributed by atoms with Crippen LogP contribution in [0.4, 0.5) is 0 Å². The molecule has 0 fully saturated rings. The molecule has 0 bridgehead atoms. The van der Waals surface area contributed by atoms with Crippen LogP contribution < -0.4 is 59.1 Å². The Morgan fingerprint density at radius 1 is 0.560 bits per heavy atom. The van der Waals surface area contributed by atoms with Crippen LogP contribution in [-0.4, -0.2) is 51.8 Å². The third kappa shape index (κ3) is 32.8. The van der Waals surface area contributed by atoms with Gasteiger partial charge in [-0.15, -0.1) is 0 Å². The van der Waals surface area contributed by atoms with Crippen LogP contribution in [0.3, 0.4) is 0 Å². The molecule has 10 heteroatoms. The van der Waals surface area contributed by atoms with Crippen molar-refractivity contribution in [2.24, 2.45) is 0 Å². The van der Waals surface area contributed by atoms with Crippen molar-refractivity contribution in [3.8, 4) is 0 Å². The molecule has 0 heterocycles. The fourth-order valence-electron chi connectivity index (χ4n) is 6.41. The molecule has 0 aliphatic heterocycles. The summed E-state index contributed by atoms with van der Waals surface area (Å²) < 4.78 is 19.6. The molecule has 0 saturated heterocycles. The predicted octanol–water partition coefficient (Wildman–Crippen LogP) is 5.80. The van der Waals surface area contributed by atoms with Crippen LogP contribution in [0.1, 0.15) is 222 Å². The van der Waals surface area contributed by atoms with Crippen molar-refractivity contribution in [1.29, 1.82) is 0 Å². The van der Waals surface area contributed by atoms with Crippen LogP contribution in [-0.2, 0) is 18.7 Å². The van der Waals surface area contributed by atoms with Crippen molar-refractivity contribution < 1.29 is 96.0 Å². The third-order valence-electron chi connectivity index (χ3n) is 9.63. The first-order valence-electron chi connectivity index (χ1n) is 20.6. The zero-order valence-corrected chi connectivity index (χ0v) is 38.5. The molecule has 0 aromatic rings. The van der Waals surface area contributed by atoms with E-state index in [4.69, 9.17) is 9.63 Å². The maximum atomic E-state index is 13.9. The molecule has 0 radical (unpaired) electrons. The number of carbonyl (C=O) groups is 2. The summed E-state index contributed by atoms with van der Waals surface area (Å²) in [4.78, 5) is 25.9. The summed E-state index contributed by atoms with van der Waals surface area (Å²) in [6, 6.07) is 0. The summed E-state index contributed by atoms with van der Waals surface area (Å²) in [6.45, 7) is 3.89. The fraction of sp³-hybridized carbons (Fsp3) is 0.950. The van der Waals surface area contributed by atoms with Crippen LogP contribution in [0, 0.1) is 0 Å². The van der Waals surface area contributed by atoms with E-state index in [-0.39, 0.29) is 93.6 Å². The first-order valence-corrected chi connectivity index (χ1v) is 22.3. The number of ketones is 1. The second kappa shape index (κ2) is 41.6. The van der Waals surface area contributed by atoms with E-state index in [1.165, 1.54) is 122 Å². The smallest absolute Gasteiger partial charge is 1.00 e. The summed E-state index contributed by atoms with van der Waals surface area (Å²) in [6.07, 6.45) is 31.3. The van der Waals surface area contributed by atoms with Gasteiger partial charge in [-0.2, -0.15) is 0 Å². The van der Waals surface area contributed by atoms with Crippen molar-refractivity contribution in [1.82, 2.24) is 0 Å². The molecule has 290 valence electrons. The van der Waals surface area contributed by atoms with Crippen LogP contribution in [0.25, 0.3) is 0 Å². The summed E-state index contributed by atoms with van der Waals surface area (Å²) >= 11 is 0. The van der Waals surface area contributed by atoms with Gasteiger partial charge in [-0.25, -0.2) is 0 Å². The van der Waals surface area contributed by atoms with Gasteiger partial charge in [0.2, 0.25) is 5.52 Å². The van der Waals surface area contributed by atoms with Gasteiger partial charge in [-0.05, 0) is 32.1 Å². The Kier molecular flexibility index (Phi) is 46.3. The van der Waals surface area contributed by atoms with E-state index in [0.717, 1.165) is 38.5 Å². The average molecular weight is 751 g/mol. The molecule has 0 aliphatic rings. The van der Waals surface area contributed by atoms with Gasteiger partial charge in [-0.1, -0.05) is 168 Å². The van der Waals surface area contributed by atoms with E-state index in [0.29, 0.717) is 25.7 Å². The molecule has 0 aromatic carbocycles. The quantitative estimate of drug-likeness (QED) is 0.0413. The summed E-state index contributed by atoms with van der Waals surface area (Å²) in [5, 5.41) is 29.9. The molecule has 50 heavy (non-hydrogen) atoms. The average Bonchev–Trinajstić information content (AvgIpc) is 3.08. The Balaban J connectivity index is -0.00000184. The molecule has 3 unspecified atom stereocenters. The van der Waals surface area contributed by atoms with E-state index in [1.807, 2.05) is 0 Å². The Morgan fingerprint density at radius 2 is 0.920 bits per heavy atom. The summed E-state index contributed by atoms with van der Waals surface area (Å²) in [5.41, 5.74) is -0.607. The summed E-state index contributed by atoms with van der Waals surface area (Å²) in [5.74, 6) is -1.58. The maximum Gasteiger partial charge on any atom is 1.00 e. The Hall–Kier alpha value is 1.41. The minimum atomic E-state index is -4.19. The van der Waals surface area contributed by atoms with Crippen molar-refractivity contribution in [3.63, 3.8) is 0 Å². The molecule has 3 N–H and O–H groups in total. The first-order chi connectivity index (χ1) is 23.3. The number of carbonyl (C=O) groups excluding carboxylic acids is 2. The van der Waals surface area contributed by atoms with Crippen molar-refractivity contribution in [2.45, 2.75) is 231 Å². The fourth-order valence-corrected chi connectivity index (χ4v) is 8.57. The number of aliphatic hydroxyl groups is 3. The van der Waals surface area contributed by atoms with Gasteiger partial charge in [0.25, 0.3) is 7.37 Å². The normalized spacial score (nSPS) is 13.6. The molecular weight excluding hydrogens is 669 g/mol. The maximum absolute atomic E-state index is 13.9. The number of hydrogen-bond donors (Lipinski definition) is 3. The van der Waals surface area contributed by atoms with Crippen LogP contribution >= 0.6 is 7.37 Å². The van der Waals surface area contributed by atoms with Gasteiger partial charge in [0.1, 0.15) is 11.6 Å². The first kappa shape index (κ1) is 55.7. The standard InChI is InChI=1S/C40H79O7P.2Na.2H/c1-3-5-7-9-11-13-15-17-19-21-23-25-27-31-37(43)35-38(36-42)47-48(46,40(45)33-29-30-34-41)39(44)32-28-26-24-22-20-18-16-14-12-10-8-6-4-2;;;;/h38,40-42,45H,3-36H2,1-2H3;;;;/q;2*+1;2*-1. The Morgan fingerprint density at radius 3 is 1.28 bits per heavy atom. The molecular formula is C40H81Na2O7P. The second-order valence-electron chi connectivity index (χ2n) is 14.3. The SMILES string of the molecule is CCCCCCCCCCCCCCCC(=O)CC(CO)OP(=O)(C(=O)CCCCCCCCCCCCCCC)C(O)CCCCO.[H-].[H-].[Na+].[Na+]. The van der Waals surface area contributed by atoms with Gasteiger partial charge >= 0.3 is 59.1 Å². The largest absolute Gasteiger partial charge is 1.00 e. The molecule has 0 aromatic heterocycles. The van der Waals surface area contributed by atoms with Gasteiger partial charge in [-0.3, -0.25) is 14.2 Å². The molecule has 7 nitrogen and oxygen atoms in total. The molecule has 0 saturated carbocycles. The van der Waals surface area contributed by atoms with E-state index in [2.05, 4.69) is 13.8 Å². The van der Waals surface area contributed by atoms with Crippen molar-refractivity contribution >= 4 is 18.7 Å². The van der Waals surface area contributed by atoms with E-state index in [9.17, 15) is 24.4 Å². The predicted molar refractivity (Wildman–Crippen MR) is 204 cm³/mol. The monoisotopic (exact) mass is 751 g/mol. The van der Waals surface area contributed by atoms with Gasteiger partial charge in [0, 0.05) is 25.9 Å². The Labute approximate surface area is 356 Å². The Bertz CT molecular complexity index is 799. The minimum Gasteiger partial charge on any atom is -1.00 e. The third-order valence-corrected chi connectivity index (χ3v) is 12.2. The molecule has 0 rings (SSSR count). The minimum absolute atomic E-state index is 0. The number of aliphatic hydroxyl groups excluding tert-OH is 3. The van der Waals surface area contributed by atoms with Crippen LogP contribution in [0.5, 0.6) is 0 Å². The van der Waals surface area contributed by atoms with Gasteiger partial charge in [0.05, 0.1) is 12.7 Å². The number of hydrogen-bond acceptors (Lipinski definition) is 7. The summed E-state index contributed by atoms with van der Waals surface area (Å²) in [7, 11) is -4.19. The van der Waals surface area contributed by atoms with E-state index in [1.54, 1.807) is 0 Å². The molecule has 0 amide bonds. The van der Waals surface area contributed by atoms with Crippen LogP contribution in [0.2, 0.25) is 0 Å². The van der Waals surface area contributed by atoms with E-state index < -0.39 is 31.4 Å². The number of rotatable bonds is 39. The number of Topliss-reactive ketones (excluding diaryl/α,β-unsaturated/α-hetero) is 1. The van der Waals surface area contributed by atoms with Gasteiger partial charge in [0.15, 0.2) is 0 Å². The topological polar surface area (TPSA) is 121 Å². The number of unbranched alkanes of at least 4 members (excludes halogenated alkanes) is 25. The van der Waals surface area contributed by atoms with Crippen LogP contribution in [0.15, 0.2) is 0 Å². The molecule has 0 aliphatic carbocycles. The van der Waals surface area contributed by atoms with Crippen molar-refractivity contribution in [3.05, 3.63) is 0 Å². The zero-order chi connectivity index (χ0) is 35.6. The zero-order valence-electron chi connectivity index (χ0n) is 35.6. The molecule has 3 atom stereocenters. The second-order valence-corrected chi connectivity index (χ2v) is 16.8. The van der Waals surface area contributed by atoms with Gasteiger partial charge < -0.3 is 22.7 Å². The van der Waals surface area contributed by atoms with Crippen molar-refractivity contribution in [2.75, 3.05) is 13.2 Å². The molecule has 0 spiro atoms.